The van der Waals surface area contributed by atoms with Gasteiger partial charge in [0.05, 0.1) is 0 Å². The lowest BCUT2D eigenvalue weighted by Crippen LogP contribution is -1.80. The van der Waals surface area contributed by atoms with E-state index >= 15 is 0 Å². The first kappa shape index (κ1) is 20.4. The SMILES string of the molecule is CC/C=C\CCC=O.CCCCCCCCCC=O. The number of hydrogen-bond acceptors (Lipinski definition) is 2. The second kappa shape index (κ2) is 22.3. The molecule has 0 aliphatic carbocycles. The molecule has 2 heteroatoms. The van der Waals surface area contributed by atoms with Gasteiger partial charge >= 0.3 is 0 Å². The van der Waals surface area contributed by atoms with Crippen LogP contribution in [0.15, 0.2) is 12.2 Å². The summed E-state index contributed by atoms with van der Waals surface area (Å²) in [5.74, 6) is 0. The lowest BCUT2D eigenvalue weighted by molar-refractivity contribution is -0.108. The maximum absolute atomic E-state index is 9.94. The number of hydrogen-bond donors (Lipinski definition) is 0. The van der Waals surface area contributed by atoms with Crippen molar-refractivity contribution in [3.8, 4) is 0 Å². The molecular formula is C17H32O2. The van der Waals surface area contributed by atoms with Crippen molar-refractivity contribution < 1.29 is 9.59 Å². The van der Waals surface area contributed by atoms with Crippen molar-refractivity contribution in [2.45, 2.75) is 84.5 Å². The van der Waals surface area contributed by atoms with E-state index in [0.29, 0.717) is 6.42 Å². The van der Waals surface area contributed by atoms with E-state index in [1.165, 1.54) is 38.5 Å². The average molecular weight is 268 g/mol. The van der Waals surface area contributed by atoms with Crippen molar-refractivity contribution >= 4 is 12.6 Å². The molecule has 0 saturated carbocycles. The Kier molecular flexibility index (Phi) is 23.9. The predicted octanol–water partition coefficient (Wildman–Crippen LogP) is 5.26. The van der Waals surface area contributed by atoms with Crippen LogP contribution in [-0.4, -0.2) is 12.6 Å². The van der Waals surface area contributed by atoms with Gasteiger partial charge in [0, 0.05) is 12.8 Å². The molecule has 0 aromatic carbocycles. The highest BCUT2D eigenvalue weighted by Crippen LogP contribution is 2.07. The molecule has 112 valence electrons. The van der Waals surface area contributed by atoms with Gasteiger partial charge in [0.25, 0.3) is 0 Å². The van der Waals surface area contributed by atoms with E-state index in [0.717, 1.165) is 38.3 Å². The number of allylic oxidation sites excluding steroid dienone is 2. The lowest BCUT2D eigenvalue weighted by atomic mass is 10.1. The molecule has 0 N–H and O–H groups in total. The Morgan fingerprint density at radius 3 is 1.74 bits per heavy atom. The summed E-state index contributed by atoms with van der Waals surface area (Å²) in [5.41, 5.74) is 0. The molecule has 0 atom stereocenters. The van der Waals surface area contributed by atoms with Crippen LogP contribution in [0.25, 0.3) is 0 Å². The highest BCUT2D eigenvalue weighted by Gasteiger charge is 1.89. The van der Waals surface area contributed by atoms with E-state index in [2.05, 4.69) is 19.9 Å². The summed E-state index contributed by atoms with van der Waals surface area (Å²) in [7, 11) is 0. The zero-order valence-corrected chi connectivity index (χ0v) is 12.9. The third-order valence-corrected chi connectivity index (χ3v) is 2.78. The smallest absolute Gasteiger partial charge is 0.120 e. The quantitative estimate of drug-likeness (QED) is 0.275. The molecule has 0 unspecified atom stereocenters. The van der Waals surface area contributed by atoms with E-state index in [1.807, 2.05) is 6.08 Å². The van der Waals surface area contributed by atoms with Gasteiger partial charge in [-0.05, 0) is 19.3 Å². The molecule has 0 radical (unpaired) electrons. The molecule has 0 fully saturated rings. The largest absolute Gasteiger partial charge is 0.303 e. The third kappa shape index (κ3) is 26.6. The van der Waals surface area contributed by atoms with Crippen molar-refractivity contribution in [3.63, 3.8) is 0 Å². The van der Waals surface area contributed by atoms with E-state index in [-0.39, 0.29) is 0 Å². The van der Waals surface area contributed by atoms with Crippen LogP contribution in [0, 0.1) is 0 Å². The Bertz CT molecular complexity index is 197. The molecular weight excluding hydrogens is 236 g/mol. The van der Waals surface area contributed by atoms with Crippen LogP contribution in [0.2, 0.25) is 0 Å². The standard InChI is InChI=1S/C10H20O.C7H12O/c1-2-3-4-5-6-7-8-9-10-11;1-2-3-4-5-6-7-8/h10H,2-9H2,1H3;3-4,7H,2,5-6H2,1H3/b;4-3-. The minimum atomic E-state index is 0.663. The molecule has 0 bridgehead atoms. The maximum Gasteiger partial charge on any atom is 0.120 e. The van der Waals surface area contributed by atoms with Crippen LogP contribution in [0.3, 0.4) is 0 Å². The number of carbonyl (C=O) groups excluding carboxylic acids is 2. The van der Waals surface area contributed by atoms with E-state index in [1.54, 1.807) is 0 Å². The zero-order chi connectivity index (χ0) is 14.6. The van der Waals surface area contributed by atoms with Crippen LogP contribution in [0.4, 0.5) is 0 Å². The summed E-state index contributed by atoms with van der Waals surface area (Å²) in [6, 6.07) is 0. The number of carbonyl (C=O) groups is 2. The minimum absolute atomic E-state index is 0.663. The predicted molar refractivity (Wildman–Crippen MR) is 83.4 cm³/mol. The van der Waals surface area contributed by atoms with Gasteiger partial charge in [-0.2, -0.15) is 0 Å². The summed E-state index contributed by atoms with van der Waals surface area (Å²) in [5, 5.41) is 0. The van der Waals surface area contributed by atoms with E-state index in [9.17, 15) is 9.59 Å². The summed E-state index contributed by atoms with van der Waals surface area (Å²) in [6.45, 7) is 4.31. The van der Waals surface area contributed by atoms with Crippen LogP contribution >= 0.6 is 0 Å². The molecule has 0 amide bonds. The fraction of sp³-hybridized carbons (Fsp3) is 0.765. The first-order valence-corrected chi connectivity index (χ1v) is 7.85. The van der Waals surface area contributed by atoms with Crippen molar-refractivity contribution in [1.82, 2.24) is 0 Å². The van der Waals surface area contributed by atoms with Gasteiger partial charge in [0.1, 0.15) is 12.6 Å². The Labute approximate surface area is 119 Å². The zero-order valence-electron chi connectivity index (χ0n) is 12.9. The molecule has 0 aliphatic heterocycles. The van der Waals surface area contributed by atoms with Gasteiger partial charge in [0.2, 0.25) is 0 Å². The summed E-state index contributed by atoms with van der Waals surface area (Å²) < 4.78 is 0. The monoisotopic (exact) mass is 268 g/mol. The van der Waals surface area contributed by atoms with Gasteiger partial charge in [-0.3, -0.25) is 0 Å². The number of rotatable bonds is 12. The maximum atomic E-state index is 9.94. The molecule has 19 heavy (non-hydrogen) atoms. The number of aldehydes is 2. The second-order valence-electron chi connectivity index (χ2n) is 4.70. The van der Waals surface area contributed by atoms with E-state index in [4.69, 9.17) is 0 Å². The molecule has 0 aromatic heterocycles. The minimum Gasteiger partial charge on any atom is -0.303 e. The molecule has 2 nitrogen and oxygen atoms in total. The molecule has 0 heterocycles. The third-order valence-electron chi connectivity index (χ3n) is 2.78. The van der Waals surface area contributed by atoms with Crippen LogP contribution in [0.5, 0.6) is 0 Å². The summed E-state index contributed by atoms with van der Waals surface area (Å²) in [6.07, 6.45) is 18.5. The van der Waals surface area contributed by atoms with Gasteiger partial charge in [0.15, 0.2) is 0 Å². The van der Waals surface area contributed by atoms with Gasteiger partial charge in [-0.1, -0.05) is 64.5 Å². The molecule has 0 saturated heterocycles. The highest BCUT2D eigenvalue weighted by molar-refractivity contribution is 5.49. The first-order chi connectivity index (χ1) is 9.33. The average Bonchev–Trinajstić information content (AvgIpc) is 2.44. The Hall–Kier alpha value is -0.920. The van der Waals surface area contributed by atoms with Crippen LogP contribution in [-0.2, 0) is 9.59 Å². The van der Waals surface area contributed by atoms with Crippen LogP contribution < -0.4 is 0 Å². The second-order valence-corrected chi connectivity index (χ2v) is 4.70. The van der Waals surface area contributed by atoms with Gasteiger partial charge in [-0.25, -0.2) is 0 Å². The summed E-state index contributed by atoms with van der Waals surface area (Å²) >= 11 is 0. The number of unbranched alkanes of at least 4 members (excludes halogenated alkanes) is 8. The Balaban J connectivity index is 0. The normalized spacial score (nSPS) is 10.0. The van der Waals surface area contributed by atoms with Gasteiger partial charge < -0.3 is 9.59 Å². The fourth-order valence-electron chi connectivity index (χ4n) is 1.63. The fourth-order valence-corrected chi connectivity index (χ4v) is 1.63. The molecule has 0 aliphatic rings. The van der Waals surface area contributed by atoms with E-state index < -0.39 is 0 Å². The van der Waals surface area contributed by atoms with Crippen molar-refractivity contribution in [3.05, 3.63) is 12.2 Å². The molecule has 0 rings (SSSR count). The Morgan fingerprint density at radius 1 is 0.632 bits per heavy atom. The van der Waals surface area contributed by atoms with Crippen molar-refractivity contribution in [1.29, 1.82) is 0 Å². The first-order valence-electron chi connectivity index (χ1n) is 7.85. The van der Waals surface area contributed by atoms with Crippen molar-refractivity contribution in [2.24, 2.45) is 0 Å². The topological polar surface area (TPSA) is 34.1 Å². The highest BCUT2D eigenvalue weighted by atomic mass is 16.1. The lowest BCUT2D eigenvalue weighted by Gasteiger charge is -1.97. The molecule has 0 spiro atoms. The van der Waals surface area contributed by atoms with Gasteiger partial charge in [-0.15, -0.1) is 0 Å². The van der Waals surface area contributed by atoms with Crippen molar-refractivity contribution in [2.75, 3.05) is 0 Å². The summed E-state index contributed by atoms with van der Waals surface area (Å²) in [4.78, 5) is 19.7. The van der Waals surface area contributed by atoms with Crippen LogP contribution in [0.1, 0.15) is 84.5 Å². The molecule has 0 aromatic rings. The Morgan fingerprint density at radius 2 is 1.21 bits per heavy atom.